The van der Waals surface area contributed by atoms with Crippen molar-refractivity contribution in [3.8, 4) is 0 Å². The van der Waals surface area contributed by atoms with Gasteiger partial charge >= 0.3 is 0 Å². The highest BCUT2D eigenvalue weighted by Gasteiger charge is 2.14. The molecule has 0 saturated heterocycles. The molecular weight excluding hydrogens is 134 g/mol. The van der Waals surface area contributed by atoms with Crippen LogP contribution in [0.15, 0.2) is 29.4 Å². The molecule has 0 radical (unpaired) electrons. The molecular formula is C10H15N. The molecule has 0 fully saturated rings. The van der Waals surface area contributed by atoms with E-state index < -0.39 is 0 Å². The maximum atomic E-state index is 3.71. The van der Waals surface area contributed by atoms with Gasteiger partial charge in [-0.15, -0.1) is 0 Å². The smallest absolute Gasteiger partial charge is 0.0223 e. The van der Waals surface area contributed by atoms with Crippen LogP contribution in [-0.2, 0) is 0 Å². The zero-order valence-electron chi connectivity index (χ0n) is 7.03. The Bertz CT molecular complexity index is 179. The Morgan fingerprint density at radius 1 is 1.45 bits per heavy atom. The summed E-state index contributed by atoms with van der Waals surface area (Å²) in [6.07, 6.45) is 10.8. The molecule has 1 aliphatic carbocycles. The summed E-state index contributed by atoms with van der Waals surface area (Å²) < 4.78 is 0. The third-order valence-corrected chi connectivity index (χ3v) is 2.25. The first-order chi connectivity index (χ1) is 5.34. The second-order valence-corrected chi connectivity index (χ2v) is 3.11. The van der Waals surface area contributed by atoms with Crippen LogP contribution in [0.4, 0.5) is 0 Å². The van der Waals surface area contributed by atoms with E-state index in [1.165, 1.54) is 6.42 Å². The topological polar surface area (TPSA) is 12.4 Å². The van der Waals surface area contributed by atoms with Crippen LogP contribution >= 0.6 is 0 Å². The van der Waals surface area contributed by atoms with Crippen LogP contribution in [0.1, 0.15) is 19.8 Å². The van der Waals surface area contributed by atoms with Crippen LogP contribution in [0.5, 0.6) is 0 Å². The van der Waals surface area contributed by atoms with E-state index in [2.05, 4.69) is 36.9 Å². The van der Waals surface area contributed by atoms with E-state index in [4.69, 9.17) is 0 Å². The van der Waals surface area contributed by atoms with Gasteiger partial charge in [0.05, 0.1) is 0 Å². The highest BCUT2D eigenvalue weighted by atomic mass is 14.6. The molecule has 0 bridgehead atoms. The number of rotatable bonds is 2. The van der Waals surface area contributed by atoms with Gasteiger partial charge in [0.25, 0.3) is 0 Å². The number of aliphatic imine (C=N–C) groups is 1. The molecule has 1 rings (SSSR count). The zero-order chi connectivity index (χ0) is 8.10. The molecule has 1 heteroatoms. The first-order valence-electron chi connectivity index (χ1n) is 4.12. The van der Waals surface area contributed by atoms with Gasteiger partial charge in [-0.05, 0) is 31.4 Å². The van der Waals surface area contributed by atoms with Crippen LogP contribution in [-0.4, -0.2) is 6.72 Å². The Balaban J connectivity index is 2.50. The van der Waals surface area contributed by atoms with E-state index in [1.54, 1.807) is 6.20 Å². The van der Waals surface area contributed by atoms with Crippen molar-refractivity contribution >= 4 is 6.72 Å². The summed E-state index contributed by atoms with van der Waals surface area (Å²) >= 11 is 0. The lowest BCUT2D eigenvalue weighted by molar-refractivity contribution is 0.419. The lowest BCUT2D eigenvalue weighted by atomic mass is 9.84. The van der Waals surface area contributed by atoms with Gasteiger partial charge in [0.15, 0.2) is 0 Å². The van der Waals surface area contributed by atoms with Gasteiger partial charge in [0, 0.05) is 6.20 Å². The minimum absolute atomic E-state index is 0.672. The van der Waals surface area contributed by atoms with Gasteiger partial charge in [-0.3, -0.25) is 4.99 Å². The van der Waals surface area contributed by atoms with Crippen molar-refractivity contribution in [2.24, 2.45) is 16.8 Å². The van der Waals surface area contributed by atoms with Crippen molar-refractivity contribution in [3.05, 3.63) is 24.4 Å². The van der Waals surface area contributed by atoms with Crippen LogP contribution in [0.25, 0.3) is 0 Å². The first kappa shape index (κ1) is 8.25. The molecule has 2 atom stereocenters. The standard InChI is InChI=1S/C10H15N/c1-9-5-3-4-6-10(9)7-8-11-2/h3-4,7-10H,2,5-6H2,1H3/b8-7-. The van der Waals surface area contributed by atoms with Crippen LogP contribution in [0, 0.1) is 11.8 Å². The Kier molecular flexibility index (Phi) is 3.09. The van der Waals surface area contributed by atoms with Crippen molar-refractivity contribution in [2.75, 3.05) is 0 Å². The summed E-state index contributed by atoms with van der Waals surface area (Å²) in [4.78, 5) is 3.71. The quantitative estimate of drug-likeness (QED) is 0.423. The van der Waals surface area contributed by atoms with Gasteiger partial charge in [-0.25, -0.2) is 0 Å². The summed E-state index contributed by atoms with van der Waals surface area (Å²) in [6, 6.07) is 0. The van der Waals surface area contributed by atoms with Crippen molar-refractivity contribution < 1.29 is 0 Å². The second kappa shape index (κ2) is 4.12. The fourth-order valence-electron chi connectivity index (χ4n) is 1.41. The summed E-state index contributed by atoms with van der Waals surface area (Å²) in [5.41, 5.74) is 0. The van der Waals surface area contributed by atoms with Crippen molar-refractivity contribution in [2.45, 2.75) is 19.8 Å². The van der Waals surface area contributed by atoms with Crippen molar-refractivity contribution in [3.63, 3.8) is 0 Å². The number of nitrogens with zero attached hydrogens (tertiary/aromatic N) is 1. The molecule has 2 unspecified atom stereocenters. The summed E-state index contributed by atoms with van der Waals surface area (Å²) in [6.45, 7) is 5.69. The van der Waals surface area contributed by atoms with Gasteiger partial charge in [0.2, 0.25) is 0 Å². The van der Waals surface area contributed by atoms with Crippen LogP contribution < -0.4 is 0 Å². The van der Waals surface area contributed by atoms with E-state index in [1.807, 2.05) is 0 Å². The molecule has 0 aromatic carbocycles. The lowest BCUT2D eigenvalue weighted by Crippen LogP contribution is -2.10. The highest BCUT2D eigenvalue weighted by molar-refractivity contribution is 5.25. The minimum Gasteiger partial charge on any atom is -0.273 e. The molecule has 11 heavy (non-hydrogen) atoms. The van der Waals surface area contributed by atoms with Crippen molar-refractivity contribution in [1.29, 1.82) is 0 Å². The van der Waals surface area contributed by atoms with E-state index in [0.717, 1.165) is 12.3 Å². The number of allylic oxidation sites excluding steroid dienone is 3. The minimum atomic E-state index is 0.672. The highest BCUT2D eigenvalue weighted by Crippen LogP contribution is 2.25. The molecule has 0 N–H and O–H groups in total. The maximum absolute atomic E-state index is 3.71. The maximum Gasteiger partial charge on any atom is 0.0223 e. The van der Waals surface area contributed by atoms with Crippen molar-refractivity contribution in [1.82, 2.24) is 0 Å². The third kappa shape index (κ3) is 2.34. The van der Waals surface area contributed by atoms with Crippen LogP contribution in [0.3, 0.4) is 0 Å². The average molecular weight is 149 g/mol. The fourth-order valence-corrected chi connectivity index (χ4v) is 1.41. The summed E-state index contributed by atoms with van der Waals surface area (Å²) in [5, 5.41) is 0. The van der Waals surface area contributed by atoms with E-state index >= 15 is 0 Å². The largest absolute Gasteiger partial charge is 0.273 e. The lowest BCUT2D eigenvalue weighted by Gasteiger charge is -2.21. The molecule has 0 aromatic rings. The number of hydrogen-bond donors (Lipinski definition) is 0. The Morgan fingerprint density at radius 3 is 2.82 bits per heavy atom. The Hall–Kier alpha value is -0.850. The molecule has 1 nitrogen and oxygen atoms in total. The molecule has 0 aliphatic heterocycles. The molecule has 0 spiro atoms. The van der Waals surface area contributed by atoms with Gasteiger partial charge in [-0.1, -0.05) is 25.2 Å². The molecule has 1 aliphatic rings. The first-order valence-corrected chi connectivity index (χ1v) is 4.12. The predicted octanol–water partition coefficient (Wildman–Crippen LogP) is 2.80. The Labute approximate surface area is 68.5 Å². The normalized spacial score (nSPS) is 31.0. The van der Waals surface area contributed by atoms with Gasteiger partial charge in [0.1, 0.15) is 0 Å². The molecule has 0 saturated carbocycles. The summed E-state index contributed by atoms with van der Waals surface area (Å²) in [5.74, 6) is 1.43. The third-order valence-electron chi connectivity index (χ3n) is 2.25. The fraction of sp³-hybridized carbons (Fsp3) is 0.500. The average Bonchev–Trinajstić information content (AvgIpc) is 2.03. The molecule has 0 heterocycles. The SMILES string of the molecule is C=N/C=C\C1CC=CCC1C. The monoisotopic (exact) mass is 149 g/mol. The Morgan fingerprint density at radius 2 is 2.18 bits per heavy atom. The van der Waals surface area contributed by atoms with E-state index in [9.17, 15) is 0 Å². The second-order valence-electron chi connectivity index (χ2n) is 3.11. The molecule has 0 amide bonds. The molecule has 60 valence electrons. The summed E-state index contributed by atoms with van der Waals surface area (Å²) in [7, 11) is 0. The van der Waals surface area contributed by atoms with Gasteiger partial charge < -0.3 is 0 Å². The van der Waals surface area contributed by atoms with E-state index in [-0.39, 0.29) is 0 Å². The van der Waals surface area contributed by atoms with Crippen LogP contribution in [0.2, 0.25) is 0 Å². The predicted molar refractivity (Wildman–Crippen MR) is 49.7 cm³/mol. The number of hydrogen-bond acceptors (Lipinski definition) is 1. The zero-order valence-corrected chi connectivity index (χ0v) is 7.03. The van der Waals surface area contributed by atoms with E-state index in [0.29, 0.717) is 5.92 Å². The van der Waals surface area contributed by atoms with Gasteiger partial charge in [-0.2, -0.15) is 0 Å². The molecule has 0 aromatic heterocycles.